The van der Waals surface area contributed by atoms with Crippen LogP contribution in [0.5, 0.6) is 0 Å². The molecule has 5 N–H and O–H groups in total. The Labute approximate surface area is 100 Å². The normalized spacial score (nSPS) is 10.2. The van der Waals surface area contributed by atoms with Gasteiger partial charge in [0.05, 0.1) is 17.9 Å². The van der Waals surface area contributed by atoms with Crippen LogP contribution in [0.25, 0.3) is 0 Å². The molecule has 0 aliphatic carbocycles. The van der Waals surface area contributed by atoms with Crippen molar-refractivity contribution >= 4 is 17.6 Å². The van der Waals surface area contributed by atoms with E-state index >= 15 is 0 Å². The molecular weight excluding hydrogens is 222 g/mol. The van der Waals surface area contributed by atoms with Gasteiger partial charge in [0.25, 0.3) is 0 Å². The number of nitrogens with zero attached hydrogens (tertiary/aromatic N) is 2. The van der Waals surface area contributed by atoms with Gasteiger partial charge in [0.2, 0.25) is 0 Å². The maximum atomic E-state index is 10.4. The van der Waals surface area contributed by atoms with Crippen LogP contribution in [-0.4, -0.2) is 29.0 Å². The quantitative estimate of drug-likeness (QED) is 0.627. The van der Waals surface area contributed by atoms with Crippen molar-refractivity contribution in [3.63, 3.8) is 0 Å². The van der Waals surface area contributed by atoms with Gasteiger partial charge in [0, 0.05) is 7.05 Å². The Morgan fingerprint density at radius 3 is 2.88 bits per heavy atom. The molecule has 1 aromatic rings. The summed E-state index contributed by atoms with van der Waals surface area (Å²) >= 11 is 0. The zero-order chi connectivity index (χ0) is 12.8. The second-order valence-corrected chi connectivity index (χ2v) is 3.68. The van der Waals surface area contributed by atoms with Crippen molar-refractivity contribution < 1.29 is 9.53 Å². The van der Waals surface area contributed by atoms with E-state index in [0.717, 1.165) is 24.4 Å². The summed E-state index contributed by atoms with van der Waals surface area (Å²) in [5.41, 5.74) is 12.3. The Morgan fingerprint density at radius 1 is 1.59 bits per heavy atom. The topological polar surface area (TPSA) is 108 Å². The molecule has 0 radical (unpaired) electrons. The van der Waals surface area contributed by atoms with E-state index in [1.807, 2.05) is 7.05 Å². The lowest BCUT2D eigenvalue weighted by atomic mass is 10.2. The number of nitrogens with two attached hydrogens (primary N) is 2. The van der Waals surface area contributed by atoms with Gasteiger partial charge >= 0.3 is 6.09 Å². The maximum Gasteiger partial charge on any atom is 0.404 e. The summed E-state index contributed by atoms with van der Waals surface area (Å²) in [5, 5.41) is 7.37. The number of aromatic nitrogens is 2. The van der Waals surface area contributed by atoms with E-state index in [4.69, 9.17) is 11.5 Å². The van der Waals surface area contributed by atoms with E-state index in [0.29, 0.717) is 12.2 Å². The van der Waals surface area contributed by atoms with Crippen LogP contribution in [0, 0.1) is 0 Å². The van der Waals surface area contributed by atoms with Crippen LogP contribution in [0.4, 0.5) is 16.3 Å². The maximum absolute atomic E-state index is 10.4. The third-order valence-corrected chi connectivity index (χ3v) is 2.29. The molecule has 1 aromatic heterocycles. The van der Waals surface area contributed by atoms with Gasteiger partial charge in [-0.3, -0.25) is 4.68 Å². The Hall–Kier alpha value is -1.92. The number of anilines is 2. The van der Waals surface area contributed by atoms with E-state index in [1.165, 1.54) is 0 Å². The number of ether oxygens (including phenoxy) is 1. The SMILES string of the molecule is CCCc1nn(C)c(NCCOC(N)=O)c1N. The number of carbonyl (C=O) groups is 1. The van der Waals surface area contributed by atoms with E-state index in [2.05, 4.69) is 22.1 Å². The number of rotatable bonds is 6. The molecule has 0 unspecified atom stereocenters. The molecule has 0 aromatic carbocycles. The molecule has 0 saturated carbocycles. The Kier molecular flexibility index (Phi) is 4.62. The Balaban J connectivity index is 2.55. The van der Waals surface area contributed by atoms with Gasteiger partial charge in [-0.1, -0.05) is 13.3 Å². The molecule has 0 fully saturated rings. The van der Waals surface area contributed by atoms with Gasteiger partial charge < -0.3 is 21.5 Å². The first-order valence-corrected chi connectivity index (χ1v) is 5.53. The van der Waals surface area contributed by atoms with Gasteiger partial charge in [-0.2, -0.15) is 5.10 Å². The first-order chi connectivity index (χ1) is 8.06. The molecule has 0 aliphatic heterocycles. The molecular formula is C10H19N5O2. The Bertz CT molecular complexity index is 388. The third kappa shape index (κ3) is 3.54. The molecule has 0 spiro atoms. The summed E-state index contributed by atoms with van der Waals surface area (Å²) in [6.07, 6.45) is 1.06. The molecule has 0 atom stereocenters. The largest absolute Gasteiger partial charge is 0.448 e. The summed E-state index contributed by atoms with van der Waals surface area (Å²) in [6.45, 7) is 2.71. The fourth-order valence-corrected chi connectivity index (χ4v) is 1.55. The Morgan fingerprint density at radius 2 is 2.29 bits per heavy atom. The van der Waals surface area contributed by atoms with Crippen molar-refractivity contribution in [3.8, 4) is 0 Å². The lowest BCUT2D eigenvalue weighted by molar-refractivity contribution is 0.161. The average molecular weight is 241 g/mol. The summed E-state index contributed by atoms with van der Waals surface area (Å²) < 4.78 is 6.29. The smallest absolute Gasteiger partial charge is 0.404 e. The number of hydrogen-bond acceptors (Lipinski definition) is 5. The monoisotopic (exact) mass is 241 g/mol. The zero-order valence-corrected chi connectivity index (χ0v) is 10.2. The molecule has 1 amide bonds. The predicted molar refractivity (Wildman–Crippen MR) is 65.6 cm³/mol. The van der Waals surface area contributed by atoms with Gasteiger partial charge in [-0.15, -0.1) is 0 Å². The van der Waals surface area contributed by atoms with Crippen LogP contribution in [0.2, 0.25) is 0 Å². The van der Waals surface area contributed by atoms with E-state index in [1.54, 1.807) is 4.68 Å². The minimum Gasteiger partial charge on any atom is -0.448 e. The molecule has 96 valence electrons. The van der Waals surface area contributed by atoms with Crippen LogP contribution >= 0.6 is 0 Å². The highest BCUT2D eigenvalue weighted by Gasteiger charge is 2.11. The minimum atomic E-state index is -0.781. The fourth-order valence-electron chi connectivity index (χ4n) is 1.55. The highest BCUT2D eigenvalue weighted by atomic mass is 16.5. The van der Waals surface area contributed by atoms with Crippen molar-refractivity contribution in [2.24, 2.45) is 12.8 Å². The number of amides is 1. The first-order valence-electron chi connectivity index (χ1n) is 5.53. The first kappa shape index (κ1) is 13.1. The van der Waals surface area contributed by atoms with Crippen LogP contribution < -0.4 is 16.8 Å². The molecule has 0 saturated heterocycles. The van der Waals surface area contributed by atoms with Crippen molar-refractivity contribution in [1.29, 1.82) is 0 Å². The molecule has 7 nitrogen and oxygen atoms in total. The lowest BCUT2D eigenvalue weighted by Gasteiger charge is -2.07. The van der Waals surface area contributed by atoms with Crippen LogP contribution in [0.1, 0.15) is 19.0 Å². The standard InChI is InChI=1S/C10H19N5O2/c1-3-4-7-8(11)9(15(2)14-7)13-5-6-17-10(12)16/h13H,3-6,11H2,1-2H3,(H2,12,16). The van der Waals surface area contributed by atoms with Gasteiger partial charge in [-0.25, -0.2) is 4.79 Å². The molecule has 1 heterocycles. The highest BCUT2D eigenvalue weighted by Crippen LogP contribution is 2.22. The van der Waals surface area contributed by atoms with Crippen molar-refractivity contribution in [3.05, 3.63) is 5.69 Å². The fraction of sp³-hybridized carbons (Fsp3) is 0.600. The summed E-state index contributed by atoms with van der Waals surface area (Å²) in [4.78, 5) is 10.4. The number of nitrogens with one attached hydrogen (secondary N) is 1. The molecule has 1 rings (SSSR count). The van der Waals surface area contributed by atoms with E-state index in [-0.39, 0.29) is 6.61 Å². The molecule has 17 heavy (non-hydrogen) atoms. The highest BCUT2D eigenvalue weighted by molar-refractivity contribution is 5.65. The average Bonchev–Trinajstić information content (AvgIpc) is 2.51. The summed E-state index contributed by atoms with van der Waals surface area (Å²) in [6, 6.07) is 0. The second-order valence-electron chi connectivity index (χ2n) is 3.68. The third-order valence-electron chi connectivity index (χ3n) is 2.29. The number of carbonyl (C=O) groups excluding carboxylic acids is 1. The molecule has 0 bridgehead atoms. The van der Waals surface area contributed by atoms with E-state index in [9.17, 15) is 4.79 Å². The number of aryl methyl sites for hydroxylation is 2. The van der Waals surface area contributed by atoms with Crippen molar-refractivity contribution in [2.45, 2.75) is 19.8 Å². The van der Waals surface area contributed by atoms with Crippen molar-refractivity contribution in [2.75, 3.05) is 24.2 Å². The van der Waals surface area contributed by atoms with Crippen LogP contribution in [0.15, 0.2) is 0 Å². The predicted octanol–water partition coefficient (Wildman–Crippen LogP) is 0.462. The van der Waals surface area contributed by atoms with Gasteiger partial charge in [-0.05, 0) is 6.42 Å². The molecule has 0 aliphatic rings. The lowest BCUT2D eigenvalue weighted by Crippen LogP contribution is -2.19. The summed E-state index contributed by atoms with van der Waals surface area (Å²) in [5.74, 6) is 0.738. The van der Waals surface area contributed by atoms with Crippen LogP contribution in [-0.2, 0) is 18.2 Å². The second kappa shape index (κ2) is 5.97. The van der Waals surface area contributed by atoms with Gasteiger partial charge in [0.1, 0.15) is 12.4 Å². The number of hydrogen-bond donors (Lipinski definition) is 3. The number of nitrogen functional groups attached to an aromatic ring is 1. The van der Waals surface area contributed by atoms with Crippen LogP contribution in [0.3, 0.4) is 0 Å². The zero-order valence-electron chi connectivity index (χ0n) is 10.2. The molecule has 7 heteroatoms. The summed E-state index contributed by atoms with van der Waals surface area (Å²) in [7, 11) is 1.81. The van der Waals surface area contributed by atoms with E-state index < -0.39 is 6.09 Å². The van der Waals surface area contributed by atoms with Crippen molar-refractivity contribution in [1.82, 2.24) is 9.78 Å². The number of primary amides is 1. The van der Waals surface area contributed by atoms with Gasteiger partial charge in [0.15, 0.2) is 0 Å². The minimum absolute atomic E-state index is 0.197.